The Morgan fingerprint density at radius 2 is 1.95 bits per heavy atom. The van der Waals surface area contributed by atoms with Gasteiger partial charge in [0.1, 0.15) is 5.75 Å². The zero-order valence-corrected chi connectivity index (χ0v) is 13.2. The van der Waals surface area contributed by atoms with Crippen LogP contribution in [-0.4, -0.2) is 23.9 Å². The molecular formula is C16H22BrNO2. The molecule has 20 heavy (non-hydrogen) atoms. The smallest absolute Gasteiger partial charge is 0.138 e. The maximum Gasteiger partial charge on any atom is 0.138 e. The quantitative estimate of drug-likeness (QED) is 0.865. The molecule has 0 aromatic heterocycles. The van der Waals surface area contributed by atoms with Gasteiger partial charge in [-0.05, 0) is 60.5 Å². The van der Waals surface area contributed by atoms with Gasteiger partial charge < -0.3 is 15.2 Å². The van der Waals surface area contributed by atoms with Crippen molar-refractivity contribution >= 4 is 15.9 Å². The predicted octanol–water partition coefficient (Wildman–Crippen LogP) is 3.56. The highest BCUT2D eigenvalue weighted by Gasteiger charge is 2.26. The lowest BCUT2D eigenvalue weighted by molar-refractivity contribution is 0.114. The third kappa shape index (κ3) is 3.18. The Balaban J connectivity index is 1.75. The van der Waals surface area contributed by atoms with Crippen LogP contribution in [0.5, 0.6) is 5.75 Å². The molecule has 0 spiro atoms. The van der Waals surface area contributed by atoms with Crippen molar-refractivity contribution in [3.05, 3.63) is 28.2 Å². The second-order valence-corrected chi connectivity index (χ2v) is 6.73. The van der Waals surface area contributed by atoms with Crippen LogP contribution < -0.4 is 10.1 Å². The standard InChI is InChI=1S/C16H22BrNO2/c17-14-4-1-3-13-15(5-2-10-20-16(13)14)18-11-6-8-12(19)9-7-11/h1,3-4,11-12,15,18-19H,2,5-10H2. The third-order valence-electron chi connectivity index (χ3n) is 4.39. The molecule has 1 aliphatic heterocycles. The summed E-state index contributed by atoms with van der Waals surface area (Å²) in [6, 6.07) is 7.18. The minimum Gasteiger partial charge on any atom is -0.492 e. The normalized spacial score (nSPS) is 30.2. The molecule has 0 bridgehead atoms. The molecule has 3 rings (SSSR count). The van der Waals surface area contributed by atoms with Gasteiger partial charge in [0, 0.05) is 17.6 Å². The fraction of sp³-hybridized carbons (Fsp3) is 0.625. The zero-order valence-electron chi connectivity index (χ0n) is 11.6. The maximum atomic E-state index is 9.62. The molecule has 1 aliphatic carbocycles. The number of aliphatic hydroxyl groups is 1. The fourth-order valence-corrected chi connectivity index (χ4v) is 3.77. The molecule has 1 saturated carbocycles. The van der Waals surface area contributed by atoms with Gasteiger partial charge >= 0.3 is 0 Å². The molecule has 1 unspecified atom stereocenters. The summed E-state index contributed by atoms with van der Waals surface area (Å²) in [5.74, 6) is 0.998. The van der Waals surface area contributed by atoms with Crippen molar-refractivity contribution in [2.75, 3.05) is 6.61 Å². The van der Waals surface area contributed by atoms with E-state index in [2.05, 4.69) is 33.4 Å². The van der Waals surface area contributed by atoms with Gasteiger partial charge in [0.25, 0.3) is 0 Å². The van der Waals surface area contributed by atoms with Crippen molar-refractivity contribution in [2.24, 2.45) is 0 Å². The lowest BCUT2D eigenvalue weighted by Gasteiger charge is -2.30. The summed E-state index contributed by atoms with van der Waals surface area (Å²) in [4.78, 5) is 0. The number of rotatable bonds is 2. The van der Waals surface area contributed by atoms with Crippen LogP contribution in [0.2, 0.25) is 0 Å². The number of para-hydroxylation sites is 1. The molecule has 1 fully saturated rings. The molecule has 1 atom stereocenters. The van der Waals surface area contributed by atoms with Gasteiger partial charge in [-0.3, -0.25) is 0 Å². The van der Waals surface area contributed by atoms with Crippen LogP contribution in [0.4, 0.5) is 0 Å². The van der Waals surface area contributed by atoms with Gasteiger partial charge in [-0.2, -0.15) is 0 Å². The Bertz CT molecular complexity index is 458. The van der Waals surface area contributed by atoms with Gasteiger partial charge in [0.2, 0.25) is 0 Å². The molecule has 1 heterocycles. The number of fused-ring (bicyclic) bond motifs is 1. The molecule has 2 aliphatic rings. The Hall–Kier alpha value is -0.580. The van der Waals surface area contributed by atoms with Crippen molar-refractivity contribution < 1.29 is 9.84 Å². The summed E-state index contributed by atoms with van der Waals surface area (Å²) in [5.41, 5.74) is 1.27. The number of benzene rings is 1. The number of aliphatic hydroxyl groups excluding tert-OH is 1. The Kier molecular flexibility index (Phi) is 4.64. The fourth-order valence-electron chi connectivity index (χ4n) is 3.27. The van der Waals surface area contributed by atoms with Crippen molar-refractivity contribution in [3.8, 4) is 5.75 Å². The second-order valence-electron chi connectivity index (χ2n) is 5.87. The van der Waals surface area contributed by atoms with E-state index in [0.717, 1.165) is 55.4 Å². The monoisotopic (exact) mass is 339 g/mol. The van der Waals surface area contributed by atoms with Crippen molar-refractivity contribution in [1.82, 2.24) is 5.32 Å². The molecule has 4 heteroatoms. The number of ether oxygens (including phenoxy) is 1. The van der Waals surface area contributed by atoms with Crippen molar-refractivity contribution in [2.45, 2.75) is 56.7 Å². The van der Waals surface area contributed by atoms with Crippen molar-refractivity contribution in [1.29, 1.82) is 0 Å². The average Bonchev–Trinajstić information content (AvgIpc) is 2.65. The minimum absolute atomic E-state index is 0.0908. The summed E-state index contributed by atoms with van der Waals surface area (Å²) in [6.45, 7) is 0.789. The molecule has 0 radical (unpaired) electrons. The second kappa shape index (κ2) is 6.46. The zero-order chi connectivity index (χ0) is 13.9. The predicted molar refractivity (Wildman–Crippen MR) is 83.0 cm³/mol. The van der Waals surface area contributed by atoms with E-state index in [1.807, 2.05) is 6.07 Å². The minimum atomic E-state index is -0.0908. The van der Waals surface area contributed by atoms with Crippen LogP contribution in [-0.2, 0) is 0 Å². The first kappa shape index (κ1) is 14.4. The van der Waals surface area contributed by atoms with E-state index in [0.29, 0.717) is 12.1 Å². The molecule has 3 nitrogen and oxygen atoms in total. The molecular weight excluding hydrogens is 318 g/mol. The highest BCUT2D eigenvalue weighted by atomic mass is 79.9. The first-order valence-electron chi connectivity index (χ1n) is 7.59. The van der Waals surface area contributed by atoms with E-state index in [1.54, 1.807) is 0 Å². The van der Waals surface area contributed by atoms with Crippen LogP contribution in [0, 0.1) is 0 Å². The largest absolute Gasteiger partial charge is 0.492 e. The molecule has 110 valence electrons. The van der Waals surface area contributed by atoms with E-state index in [-0.39, 0.29) is 6.10 Å². The Morgan fingerprint density at radius 3 is 2.75 bits per heavy atom. The number of hydrogen-bond acceptors (Lipinski definition) is 3. The third-order valence-corrected chi connectivity index (χ3v) is 5.01. The van der Waals surface area contributed by atoms with E-state index >= 15 is 0 Å². The van der Waals surface area contributed by atoms with Crippen molar-refractivity contribution in [3.63, 3.8) is 0 Å². The highest BCUT2D eigenvalue weighted by Crippen LogP contribution is 2.37. The number of hydrogen-bond donors (Lipinski definition) is 2. The van der Waals surface area contributed by atoms with Crippen LogP contribution in [0.1, 0.15) is 50.1 Å². The maximum absolute atomic E-state index is 9.62. The first-order valence-corrected chi connectivity index (χ1v) is 8.38. The number of nitrogens with one attached hydrogen (secondary N) is 1. The molecule has 2 N–H and O–H groups in total. The Labute approximate surface area is 128 Å². The molecule has 1 aromatic rings. The summed E-state index contributed by atoms with van der Waals surface area (Å²) >= 11 is 3.59. The van der Waals surface area contributed by atoms with Crippen LogP contribution in [0.25, 0.3) is 0 Å². The van der Waals surface area contributed by atoms with Gasteiger partial charge in [0.15, 0.2) is 0 Å². The lowest BCUT2D eigenvalue weighted by atomic mass is 9.91. The summed E-state index contributed by atoms with van der Waals surface area (Å²) < 4.78 is 6.93. The van der Waals surface area contributed by atoms with E-state index in [4.69, 9.17) is 4.74 Å². The van der Waals surface area contributed by atoms with Crippen LogP contribution in [0.3, 0.4) is 0 Å². The van der Waals surface area contributed by atoms with E-state index in [1.165, 1.54) is 5.56 Å². The van der Waals surface area contributed by atoms with Crippen LogP contribution >= 0.6 is 15.9 Å². The average molecular weight is 340 g/mol. The van der Waals surface area contributed by atoms with Gasteiger partial charge in [0.05, 0.1) is 17.2 Å². The summed E-state index contributed by atoms with van der Waals surface area (Å²) in [6.07, 6.45) is 6.09. The van der Waals surface area contributed by atoms with E-state index in [9.17, 15) is 5.11 Å². The number of halogens is 1. The van der Waals surface area contributed by atoms with Crippen LogP contribution in [0.15, 0.2) is 22.7 Å². The summed E-state index contributed by atoms with van der Waals surface area (Å²) in [5, 5.41) is 13.4. The SMILES string of the molecule is OC1CCC(NC2CCCOc3c(Br)cccc32)CC1. The highest BCUT2D eigenvalue weighted by molar-refractivity contribution is 9.10. The summed E-state index contributed by atoms with van der Waals surface area (Å²) in [7, 11) is 0. The first-order chi connectivity index (χ1) is 9.74. The molecule has 1 aromatic carbocycles. The van der Waals surface area contributed by atoms with Gasteiger partial charge in [-0.25, -0.2) is 0 Å². The molecule has 0 saturated heterocycles. The lowest BCUT2D eigenvalue weighted by Crippen LogP contribution is -2.37. The van der Waals surface area contributed by atoms with Gasteiger partial charge in [-0.15, -0.1) is 0 Å². The van der Waals surface area contributed by atoms with Gasteiger partial charge in [-0.1, -0.05) is 12.1 Å². The Morgan fingerprint density at radius 1 is 1.15 bits per heavy atom. The topological polar surface area (TPSA) is 41.5 Å². The van der Waals surface area contributed by atoms with E-state index < -0.39 is 0 Å². The molecule has 0 amide bonds.